The Balaban J connectivity index is 0.000000138. The van der Waals surface area contributed by atoms with Crippen LogP contribution in [0, 0.1) is 0 Å². The number of hydrogen-bond donors (Lipinski definition) is 0. The second-order valence-corrected chi connectivity index (χ2v) is 29.2. The summed E-state index contributed by atoms with van der Waals surface area (Å²) in [7, 11) is 10.2. The fraction of sp³-hybridized carbons (Fsp3) is 0.313. The molecule has 3 amide bonds. The number of aryl methyl sites for hydroxylation is 3. The molecule has 0 N–H and O–H groups in total. The van der Waals surface area contributed by atoms with E-state index >= 15 is 0 Å². The third-order valence-corrected chi connectivity index (χ3v) is 20.9. The summed E-state index contributed by atoms with van der Waals surface area (Å²) in [5.41, 5.74) is 5.87. The van der Waals surface area contributed by atoms with E-state index < -0.39 is 35.6 Å². The molecular formula is C83H79F9N22O4. The molecule has 17 rings (SSSR count). The summed E-state index contributed by atoms with van der Waals surface area (Å²) < 4.78 is 127. The second-order valence-electron chi connectivity index (χ2n) is 29.2. The number of carbonyl (C=O) groups excluding carboxylic acids is 3. The summed E-state index contributed by atoms with van der Waals surface area (Å²) in [6, 6.07) is 32.3. The van der Waals surface area contributed by atoms with Crippen LogP contribution in [0.3, 0.4) is 0 Å². The number of fused-ring (bicyclic) bond motifs is 3. The first-order valence-corrected chi connectivity index (χ1v) is 37.9. The van der Waals surface area contributed by atoms with Gasteiger partial charge >= 0.3 is 18.5 Å². The Morgan fingerprint density at radius 2 is 0.737 bits per heavy atom. The quantitative estimate of drug-likeness (QED) is 0.0724. The van der Waals surface area contributed by atoms with Crippen LogP contribution in [0.25, 0.3) is 68.3 Å². The van der Waals surface area contributed by atoms with Crippen molar-refractivity contribution in [2.75, 3.05) is 103 Å². The summed E-state index contributed by atoms with van der Waals surface area (Å²) in [6.45, 7) is 7.41. The second kappa shape index (κ2) is 33.4. The Morgan fingerprint density at radius 3 is 1.08 bits per heavy atom. The number of piperidine rings is 1. The molecule has 0 spiro atoms. The largest absolute Gasteiger partial charge is 0.434 e. The fourth-order valence-electron chi connectivity index (χ4n) is 14.7. The van der Waals surface area contributed by atoms with Gasteiger partial charge in [0.1, 0.15) is 52.4 Å². The van der Waals surface area contributed by atoms with Crippen molar-refractivity contribution in [3.8, 4) is 68.3 Å². The van der Waals surface area contributed by atoms with Crippen LogP contribution in [0.15, 0.2) is 165 Å². The molecule has 2 saturated heterocycles. The zero-order chi connectivity index (χ0) is 82.9. The summed E-state index contributed by atoms with van der Waals surface area (Å²) in [5.74, 6) is 5.87. The van der Waals surface area contributed by atoms with Crippen molar-refractivity contribution in [3.63, 3.8) is 0 Å². The van der Waals surface area contributed by atoms with Crippen LogP contribution in [0.2, 0.25) is 0 Å². The van der Waals surface area contributed by atoms with Crippen molar-refractivity contribution in [1.82, 2.24) is 78.4 Å². The van der Waals surface area contributed by atoms with Gasteiger partial charge in [-0.25, -0.2) is 59.8 Å². The number of ether oxygens (including phenoxy) is 1. The third-order valence-electron chi connectivity index (χ3n) is 20.9. The predicted octanol–water partition coefficient (Wildman–Crippen LogP) is 13.0. The van der Waals surface area contributed by atoms with Crippen molar-refractivity contribution in [2.45, 2.75) is 76.7 Å². The van der Waals surface area contributed by atoms with Gasteiger partial charge in [0.15, 0.2) is 34.6 Å². The minimum absolute atomic E-state index is 0.0816. The zero-order valence-corrected chi connectivity index (χ0v) is 65.0. The van der Waals surface area contributed by atoms with Crippen molar-refractivity contribution in [1.29, 1.82) is 0 Å². The number of likely N-dealkylation sites (N-methyl/N-ethyl adjacent to an activating group) is 2. The van der Waals surface area contributed by atoms with Gasteiger partial charge in [-0.05, 0) is 79.4 Å². The lowest BCUT2D eigenvalue weighted by molar-refractivity contribution is -0.141. The van der Waals surface area contributed by atoms with Crippen LogP contribution in [-0.2, 0) is 97.7 Å². The first kappa shape index (κ1) is 80.3. The number of aromatic nitrogens is 15. The number of halogens is 9. The van der Waals surface area contributed by atoms with Crippen LogP contribution in [0.5, 0.6) is 0 Å². The lowest BCUT2D eigenvalue weighted by atomic mass is 10.1. The summed E-state index contributed by atoms with van der Waals surface area (Å²) in [6.07, 6.45) is 3.75. The molecule has 0 aliphatic carbocycles. The number of methoxy groups -OCH3 is 1. The number of nitrogens with zero attached hydrogens (tertiary/aromatic N) is 22. The number of pyridine rings is 3. The van der Waals surface area contributed by atoms with Crippen LogP contribution in [0.1, 0.15) is 69.7 Å². The van der Waals surface area contributed by atoms with E-state index in [2.05, 4.69) is 66.6 Å². The smallest absolute Gasteiger partial charge is 0.383 e. The Labute approximate surface area is 671 Å². The number of piperazine rings is 1. The van der Waals surface area contributed by atoms with Crippen molar-refractivity contribution in [3.05, 3.63) is 215 Å². The molecule has 5 aliphatic heterocycles. The molecule has 14 heterocycles. The Hall–Kier alpha value is -12.9. The zero-order valence-electron chi connectivity index (χ0n) is 65.0. The van der Waals surface area contributed by atoms with Gasteiger partial charge in [0, 0.05) is 170 Å². The normalized spacial score (nSPS) is 15.0. The first-order valence-electron chi connectivity index (χ1n) is 37.9. The van der Waals surface area contributed by atoms with Crippen LogP contribution < -0.4 is 29.4 Å². The lowest BCUT2D eigenvalue weighted by Gasteiger charge is -2.34. The number of rotatable bonds is 18. The van der Waals surface area contributed by atoms with Gasteiger partial charge in [0.2, 0.25) is 17.7 Å². The molecule has 0 atom stereocenters. The molecule has 2 fully saturated rings. The highest BCUT2D eigenvalue weighted by Crippen LogP contribution is 2.40. The molecule has 12 aromatic rings. The number of amides is 3. The standard InChI is InChI=1S/C28H27F3N8O.C28H26F3N7O.C27H26F3N7O2/c1-36-10-12-38(13-11-36)27-21(4-3-9-32-27)24-33-15-20-14-23(40)39(26(20)35-24)16-18-5-7-19(8-6-18)25-34-22(17-37(25)2)28(29,30)31;1-36-17-22(28(29,30)31)34-25(36)19-9-7-18(8-10-19)16-38-23(39)14-20-15-33-24(35-26(20)38)21-6-5-11-32-27(21)37-12-3-2-4-13-37;1-35(11-12-39-3)26-20(5-4-10-31-26)23-32-14-19-13-22(38)37(25(19)34-23)15-17-6-8-18(9-7-17)24-33-21(16-36(24)2)27(28,29)30/h3-9,15,17H,10-14,16H2,1-2H3;5-11,15,17H,2-4,12-14,16H2,1H3;4-10,14,16H,11-13,15H2,1-3H3. The van der Waals surface area contributed by atoms with E-state index in [1.807, 2.05) is 48.3 Å². The molecule has 3 aromatic carbocycles. The van der Waals surface area contributed by atoms with Gasteiger partial charge in [-0.15, -0.1) is 0 Å². The molecule has 9 aromatic heterocycles. The van der Waals surface area contributed by atoms with E-state index in [0.717, 1.165) is 132 Å². The van der Waals surface area contributed by atoms with Gasteiger partial charge in [-0.2, -0.15) is 39.5 Å². The highest BCUT2D eigenvalue weighted by Gasteiger charge is 2.39. The van der Waals surface area contributed by atoms with Gasteiger partial charge in [0.25, 0.3) is 0 Å². The van der Waals surface area contributed by atoms with Gasteiger partial charge in [0.05, 0.1) is 62.2 Å². The maximum absolute atomic E-state index is 13.1. The molecule has 0 unspecified atom stereocenters. The molecule has 0 saturated carbocycles. The molecule has 608 valence electrons. The van der Waals surface area contributed by atoms with Crippen LogP contribution >= 0.6 is 0 Å². The van der Waals surface area contributed by atoms with E-state index in [4.69, 9.17) is 19.7 Å². The number of hydrogen-bond acceptors (Lipinski definition) is 20. The number of imidazole rings is 3. The van der Waals surface area contributed by atoms with Crippen molar-refractivity contribution < 1.29 is 58.6 Å². The molecule has 118 heavy (non-hydrogen) atoms. The summed E-state index contributed by atoms with van der Waals surface area (Å²) in [5, 5.41) is 0. The monoisotopic (exact) mass is 1620 g/mol. The number of alkyl halides is 9. The number of carbonyl (C=O) groups is 3. The minimum Gasteiger partial charge on any atom is -0.383 e. The third kappa shape index (κ3) is 17.3. The SMILES string of the molecule is CN1CCN(c2ncccc2-c2ncc3c(n2)N(Cc2ccc(-c4nc(C(F)(F)F)cn4C)cc2)C(=O)C3)CC1.COCCN(C)c1ncccc1-c1ncc2c(n1)N(Cc1ccc(-c3nc(C(F)(F)F)cn3C)cc1)C(=O)C2.Cn1cc(C(F)(F)F)nc1-c1ccc(CN2C(=O)Cc3cnc(-c4cccnc4N4CCCCC4)nc32)cc1. The molecular weight excluding hydrogens is 1540 g/mol. The Morgan fingerprint density at radius 1 is 0.398 bits per heavy atom. The Bertz CT molecular complexity index is 5680. The molecule has 0 bridgehead atoms. The summed E-state index contributed by atoms with van der Waals surface area (Å²) >= 11 is 0. The van der Waals surface area contributed by atoms with Gasteiger partial charge < -0.3 is 38.0 Å². The van der Waals surface area contributed by atoms with E-state index in [0.29, 0.717) is 70.6 Å². The number of anilines is 6. The summed E-state index contributed by atoms with van der Waals surface area (Å²) in [4.78, 5) is 105. The average Bonchev–Trinajstić information content (AvgIpc) is 1.61. The topological polar surface area (TPSA) is 253 Å². The maximum Gasteiger partial charge on any atom is 0.434 e. The Kier molecular flexibility index (Phi) is 22.7. The van der Waals surface area contributed by atoms with Crippen LogP contribution in [0.4, 0.5) is 74.4 Å². The van der Waals surface area contributed by atoms with Crippen molar-refractivity contribution >= 4 is 52.6 Å². The number of benzene rings is 3. The van der Waals surface area contributed by atoms with E-state index in [-0.39, 0.29) is 74.1 Å². The predicted molar refractivity (Wildman–Crippen MR) is 422 cm³/mol. The molecule has 5 aliphatic rings. The molecule has 35 heteroatoms. The van der Waals surface area contributed by atoms with Gasteiger partial charge in [-0.1, -0.05) is 72.8 Å². The highest BCUT2D eigenvalue weighted by molar-refractivity contribution is 6.02. The van der Waals surface area contributed by atoms with Crippen molar-refractivity contribution in [2.24, 2.45) is 21.1 Å². The maximum atomic E-state index is 13.1. The average molecular weight is 1620 g/mol. The fourth-order valence-corrected chi connectivity index (χ4v) is 14.7. The van der Waals surface area contributed by atoms with Crippen LogP contribution in [-0.4, -0.2) is 170 Å². The van der Waals surface area contributed by atoms with E-state index in [1.54, 1.807) is 132 Å². The van der Waals surface area contributed by atoms with E-state index in [1.165, 1.54) is 41.3 Å². The highest BCUT2D eigenvalue weighted by atomic mass is 19.4. The molecule has 26 nitrogen and oxygen atoms in total. The van der Waals surface area contributed by atoms with E-state index in [9.17, 15) is 53.9 Å². The van der Waals surface area contributed by atoms with Gasteiger partial charge in [-0.3, -0.25) is 29.1 Å². The first-order chi connectivity index (χ1) is 56.6. The minimum atomic E-state index is -4.52. The molecule has 0 radical (unpaired) electrons. The lowest BCUT2D eigenvalue weighted by Crippen LogP contribution is -2.45.